The first-order valence-electron chi connectivity index (χ1n) is 11.1. The summed E-state index contributed by atoms with van der Waals surface area (Å²) in [6, 6.07) is 7.88. The molecule has 0 radical (unpaired) electrons. The molecule has 2 aromatic carbocycles. The highest BCUT2D eigenvalue weighted by Crippen LogP contribution is 2.47. The lowest BCUT2D eigenvalue weighted by molar-refractivity contribution is -0.308. The number of ketones is 2. The number of aliphatic hydroxyl groups is 4. The van der Waals surface area contributed by atoms with Gasteiger partial charge in [0.05, 0.1) is 23.4 Å². The third-order valence-electron chi connectivity index (χ3n) is 6.94. The van der Waals surface area contributed by atoms with Crippen LogP contribution in [0.5, 0.6) is 5.75 Å². The molecule has 9 heteroatoms. The van der Waals surface area contributed by atoms with Crippen molar-refractivity contribution in [2.45, 2.75) is 69.1 Å². The highest BCUT2D eigenvalue weighted by molar-refractivity contribution is 6.29. The molecule has 0 amide bonds. The quantitative estimate of drug-likeness (QED) is 0.365. The van der Waals surface area contributed by atoms with Gasteiger partial charge in [0, 0.05) is 35.1 Å². The zero-order chi connectivity index (χ0) is 24.5. The number of phenolic OH excluding ortho intramolecular Hbond substituents is 1. The number of aliphatic hydroxyl groups excluding tert-OH is 3. The van der Waals surface area contributed by atoms with Crippen molar-refractivity contribution in [2.75, 3.05) is 0 Å². The average Bonchev–Trinajstić information content (AvgIpc) is 2.78. The molecule has 2 aromatic rings. The Morgan fingerprint density at radius 3 is 2.32 bits per heavy atom. The number of carbonyl (C=O) groups is 2. The van der Waals surface area contributed by atoms with Crippen molar-refractivity contribution in [2.24, 2.45) is 0 Å². The van der Waals surface area contributed by atoms with E-state index in [0.717, 1.165) is 0 Å². The number of phenols is 1. The maximum atomic E-state index is 13.2. The van der Waals surface area contributed by atoms with E-state index < -0.39 is 59.7 Å². The van der Waals surface area contributed by atoms with Crippen LogP contribution in [-0.2, 0) is 15.9 Å². The first-order chi connectivity index (χ1) is 16.0. The second kappa shape index (κ2) is 7.94. The standard InChI is InChI=1S/C25H26O9/c1-10-18(26)22(30)23(31)24(33-10)34-15-9-25(2,32)8-11-7-14-17(21(29)16(11)15)20(28)13-6-4-3-5-12(13)19(14)27/h3-7,10,15,18,22-24,26,29-32H,8-9H2,1-2H3/t10-,15-,18-,22+,23-,24-,25+/m0/s1. The van der Waals surface area contributed by atoms with E-state index in [9.17, 15) is 35.1 Å². The van der Waals surface area contributed by atoms with E-state index in [4.69, 9.17) is 9.47 Å². The van der Waals surface area contributed by atoms with Crippen LogP contribution >= 0.6 is 0 Å². The van der Waals surface area contributed by atoms with E-state index in [1.807, 2.05) is 0 Å². The van der Waals surface area contributed by atoms with Gasteiger partial charge in [-0.2, -0.15) is 0 Å². The second-order valence-electron chi connectivity index (χ2n) is 9.61. The minimum atomic E-state index is -1.59. The highest BCUT2D eigenvalue weighted by Gasteiger charge is 2.47. The Bertz CT molecular complexity index is 1190. The Kier molecular flexibility index (Phi) is 5.40. The van der Waals surface area contributed by atoms with E-state index >= 15 is 0 Å². The Morgan fingerprint density at radius 1 is 1.00 bits per heavy atom. The lowest BCUT2D eigenvalue weighted by Gasteiger charge is -2.43. The normalized spacial score (nSPS) is 34.9. The zero-order valence-corrected chi connectivity index (χ0v) is 18.6. The van der Waals surface area contributed by atoms with Crippen LogP contribution < -0.4 is 0 Å². The predicted octanol–water partition coefficient (Wildman–Crippen LogP) is 0.750. The van der Waals surface area contributed by atoms with Crippen molar-refractivity contribution < 1.29 is 44.6 Å². The number of hydrogen-bond donors (Lipinski definition) is 5. The van der Waals surface area contributed by atoms with E-state index in [2.05, 4.69) is 0 Å². The molecular formula is C25H26O9. The molecule has 1 heterocycles. The van der Waals surface area contributed by atoms with Crippen molar-refractivity contribution in [3.8, 4) is 5.75 Å². The number of hydrogen-bond acceptors (Lipinski definition) is 9. The smallest absolute Gasteiger partial charge is 0.198 e. The summed E-state index contributed by atoms with van der Waals surface area (Å²) in [4.78, 5) is 26.4. The van der Waals surface area contributed by atoms with Crippen LogP contribution in [0, 0.1) is 0 Å². The van der Waals surface area contributed by atoms with Crippen LogP contribution in [0.4, 0.5) is 0 Å². The van der Waals surface area contributed by atoms with Gasteiger partial charge in [-0.05, 0) is 25.5 Å². The van der Waals surface area contributed by atoms with Gasteiger partial charge < -0.3 is 35.0 Å². The van der Waals surface area contributed by atoms with Crippen molar-refractivity contribution in [3.63, 3.8) is 0 Å². The fraction of sp³-hybridized carbons (Fsp3) is 0.440. The molecule has 3 aliphatic rings. The third-order valence-corrected chi connectivity index (χ3v) is 6.94. The Balaban J connectivity index is 1.60. The van der Waals surface area contributed by atoms with Crippen LogP contribution in [0.3, 0.4) is 0 Å². The van der Waals surface area contributed by atoms with Gasteiger partial charge in [0.1, 0.15) is 24.1 Å². The van der Waals surface area contributed by atoms with Crippen LogP contribution in [-0.4, -0.2) is 73.4 Å². The van der Waals surface area contributed by atoms with Gasteiger partial charge in [0.25, 0.3) is 0 Å². The molecule has 9 nitrogen and oxygen atoms in total. The molecule has 0 aromatic heterocycles. The molecule has 34 heavy (non-hydrogen) atoms. The Labute approximate surface area is 195 Å². The Hall–Kier alpha value is -2.66. The molecule has 1 aliphatic heterocycles. The third kappa shape index (κ3) is 3.48. The first kappa shape index (κ1) is 23.1. The van der Waals surface area contributed by atoms with Crippen molar-refractivity contribution in [3.05, 3.63) is 63.7 Å². The largest absolute Gasteiger partial charge is 0.507 e. The molecule has 180 valence electrons. The average molecular weight is 470 g/mol. The summed E-state index contributed by atoms with van der Waals surface area (Å²) in [6.45, 7) is 3.08. The number of benzene rings is 2. The zero-order valence-electron chi connectivity index (χ0n) is 18.6. The molecule has 1 fully saturated rings. The summed E-state index contributed by atoms with van der Waals surface area (Å²) in [6.07, 6.45) is -7.59. The molecule has 0 saturated carbocycles. The number of rotatable bonds is 2. The minimum Gasteiger partial charge on any atom is -0.507 e. The van der Waals surface area contributed by atoms with Crippen molar-refractivity contribution in [1.29, 1.82) is 0 Å². The number of ether oxygens (including phenoxy) is 2. The summed E-state index contributed by atoms with van der Waals surface area (Å²) in [7, 11) is 0. The van der Waals surface area contributed by atoms with Crippen LogP contribution in [0.2, 0.25) is 0 Å². The summed E-state index contributed by atoms with van der Waals surface area (Å²) in [5.74, 6) is -1.31. The summed E-state index contributed by atoms with van der Waals surface area (Å²) in [5.41, 5.74) is -0.292. The second-order valence-corrected chi connectivity index (χ2v) is 9.61. The Morgan fingerprint density at radius 2 is 1.65 bits per heavy atom. The van der Waals surface area contributed by atoms with Crippen molar-refractivity contribution in [1.82, 2.24) is 0 Å². The molecule has 0 unspecified atom stereocenters. The van der Waals surface area contributed by atoms with Crippen LogP contribution in [0.1, 0.15) is 69.3 Å². The minimum absolute atomic E-state index is 0.00925. The topological polar surface area (TPSA) is 154 Å². The lowest BCUT2D eigenvalue weighted by atomic mass is 9.74. The lowest BCUT2D eigenvalue weighted by Crippen LogP contribution is -2.57. The van der Waals surface area contributed by atoms with E-state index in [0.29, 0.717) is 5.56 Å². The highest BCUT2D eigenvalue weighted by atomic mass is 16.7. The number of carbonyl (C=O) groups excluding carboxylic acids is 2. The van der Waals surface area contributed by atoms with E-state index in [1.54, 1.807) is 25.1 Å². The first-order valence-corrected chi connectivity index (χ1v) is 11.1. The SMILES string of the molecule is C[C@@H]1O[C@@H](O[C@H]2C[C@](C)(O)Cc3cc4c(c(O)c32)C(=O)c2ccccc2C4=O)[C@@H](O)[C@H](O)[C@H]1O. The molecule has 2 aliphatic carbocycles. The molecule has 1 saturated heterocycles. The summed E-state index contributed by atoms with van der Waals surface area (Å²) in [5, 5.41) is 52.6. The van der Waals surface area contributed by atoms with Gasteiger partial charge >= 0.3 is 0 Å². The molecule has 7 atom stereocenters. The molecule has 5 rings (SSSR count). The summed E-state index contributed by atoms with van der Waals surface area (Å²) < 4.78 is 11.5. The van der Waals surface area contributed by atoms with Gasteiger partial charge in [-0.3, -0.25) is 9.59 Å². The van der Waals surface area contributed by atoms with E-state index in [1.165, 1.54) is 19.1 Å². The maximum Gasteiger partial charge on any atom is 0.198 e. The van der Waals surface area contributed by atoms with E-state index in [-0.39, 0.29) is 40.7 Å². The fourth-order valence-electron chi connectivity index (χ4n) is 5.20. The van der Waals surface area contributed by atoms with Gasteiger partial charge in [0.15, 0.2) is 17.9 Å². The molecular weight excluding hydrogens is 444 g/mol. The van der Waals surface area contributed by atoms with Crippen LogP contribution in [0.25, 0.3) is 0 Å². The molecule has 0 spiro atoms. The van der Waals surface area contributed by atoms with Gasteiger partial charge in [0.2, 0.25) is 0 Å². The van der Waals surface area contributed by atoms with Gasteiger partial charge in [-0.15, -0.1) is 0 Å². The fourth-order valence-corrected chi connectivity index (χ4v) is 5.20. The monoisotopic (exact) mass is 470 g/mol. The molecule has 0 bridgehead atoms. The summed E-state index contributed by atoms with van der Waals surface area (Å²) >= 11 is 0. The molecule has 5 N–H and O–H groups in total. The predicted molar refractivity (Wildman–Crippen MR) is 117 cm³/mol. The van der Waals surface area contributed by atoms with Crippen molar-refractivity contribution >= 4 is 11.6 Å². The van der Waals surface area contributed by atoms with Gasteiger partial charge in [-0.25, -0.2) is 0 Å². The maximum absolute atomic E-state index is 13.2. The number of fused-ring (bicyclic) bond motifs is 3. The van der Waals surface area contributed by atoms with Gasteiger partial charge in [-0.1, -0.05) is 24.3 Å². The van der Waals surface area contributed by atoms with Crippen LogP contribution in [0.15, 0.2) is 30.3 Å². The number of aromatic hydroxyl groups is 1.